The Kier molecular flexibility index (Phi) is 4.48. The maximum absolute atomic E-state index is 12.4. The highest BCUT2D eigenvalue weighted by Crippen LogP contribution is 2.51. The van der Waals surface area contributed by atoms with Gasteiger partial charge in [0.15, 0.2) is 17.3 Å². The predicted molar refractivity (Wildman–Crippen MR) is 90.1 cm³/mol. The van der Waals surface area contributed by atoms with E-state index in [2.05, 4.69) is 0 Å². The van der Waals surface area contributed by atoms with Crippen LogP contribution in [0.4, 0.5) is 0 Å². The van der Waals surface area contributed by atoms with Crippen LogP contribution in [0.15, 0.2) is 41.3 Å². The molecule has 2 aromatic rings. The summed E-state index contributed by atoms with van der Waals surface area (Å²) in [5.74, 6) is 1.94. The molecule has 0 radical (unpaired) electrons. The number of ketones is 1. The van der Waals surface area contributed by atoms with Crippen LogP contribution in [0, 0.1) is 0 Å². The number of hydrogen-bond donors (Lipinski definition) is 0. The van der Waals surface area contributed by atoms with Crippen molar-refractivity contribution in [1.82, 2.24) is 0 Å². The monoisotopic (exact) mass is 330 g/mol. The highest BCUT2D eigenvalue weighted by atomic mass is 32.2. The summed E-state index contributed by atoms with van der Waals surface area (Å²) in [4.78, 5) is 13.4. The number of hydrogen-bond acceptors (Lipinski definition) is 5. The van der Waals surface area contributed by atoms with E-state index < -0.39 is 0 Å². The SMILES string of the molecule is COc1ccc(C2CC(=O)c3ccccc3S2)c(OC)c1OC. The van der Waals surface area contributed by atoms with E-state index in [-0.39, 0.29) is 11.0 Å². The van der Waals surface area contributed by atoms with Crippen LogP contribution in [0.25, 0.3) is 0 Å². The summed E-state index contributed by atoms with van der Waals surface area (Å²) in [5, 5.41) is -0.00726. The minimum Gasteiger partial charge on any atom is -0.493 e. The molecule has 0 amide bonds. The van der Waals surface area contributed by atoms with Crippen LogP contribution in [-0.2, 0) is 0 Å². The standard InChI is InChI=1S/C18H18O4S/c1-20-14-9-8-12(17(21-2)18(14)22-3)16-10-13(19)11-6-4-5-7-15(11)23-16/h4-9,16H,10H2,1-3H3. The average molecular weight is 330 g/mol. The second-order valence-electron chi connectivity index (χ2n) is 5.15. The summed E-state index contributed by atoms with van der Waals surface area (Å²) in [6.45, 7) is 0. The highest BCUT2D eigenvalue weighted by molar-refractivity contribution is 7.99. The van der Waals surface area contributed by atoms with E-state index in [9.17, 15) is 4.79 Å². The third-order valence-electron chi connectivity index (χ3n) is 3.91. The number of ether oxygens (including phenoxy) is 3. The summed E-state index contributed by atoms with van der Waals surface area (Å²) in [6, 6.07) is 11.5. The molecule has 0 spiro atoms. The summed E-state index contributed by atoms with van der Waals surface area (Å²) < 4.78 is 16.3. The number of carbonyl (C=O) groups is 1. The van der Waals surface area contributed by atoms with Gasteiger partial charge in [-0.2, -0.15) is 0 Å². The fourth-order valence-electron chi connectivity index (χ4n) is 2.82. The van der Waals surface area contributed by atoms with Crippen molar-refractivity contribution in [2.75, 3.05) is 21.3 Å². The lowest BCUT2D eigenvalue weighted by molar-refractivity contribution is 0.0976. The molecular weight excluding hydrogens is 312 g/mol. The van der Waals surface area contributed by atoms with Crippen molar-refractivity contribution in [3.63, 3.8) is 0 Å². The van der Waals surface area contributed by atoms with Crippen molar-refractivity contribution in [3.8, 4) is 17.2 Å². The van der Waals surface area contributed by atoms with Gasteiger partial charge in [-0.3, -0.25) is 4.79 Å². The maximum atomic E-state index is 12.4. The normalized spacial score (nSPS) is 16.7. The quantitative estimate of drug-likeness (QED) is 0.843. The van der Waals surface area contributed by atoms with E-state index in [1.165, 1.54) is 0 Å². The van der Waals surface area contributed by atoms with Gasteiger partial charge < -0.3 is 14.2 Å². The van der Waals surface area contributed by atoms with Gasteiger partial charge in [-0.1, -0.05) is 24.3 Å². The smallest absolute Gasteiger partial charge is 0.203 e. The summed E-state index contributed by atoms with van der Waals surface area (Å²) >= 11 is 1.68. The Hall–Kier alpha value is -2.14. The molecule has 0 aromatic heterocycles. The third-order valence-corrected chi connectivity index (χ3v) is 5.22. The molecule has 1 unspecified atom stereocenters. The van der Waals surface area contributed by atoms with E-state index >= 15 is 0 Å². The van der Waals surface area contributed by atoms with E-state index in [0.717, 1.165) is 16.0 Å². The minimum atomic E-state index is -0.00726. The lowest BCUT2D eigenvalue weighted by Crippen LogP contribution is -2.13. The summed E-state index contributed by atoms with van der Waals surface area (Å²) in [6.07, 6.45) is 0.438. The highest BCUT2D eigenvalue weighted by Gasteiger charge is 2.30. The zero-order valence-electron chi connectivity index (χ0n) is 13.3. The first-order valence-electron chi connectivity index (χ1n) is 7.27. The van der Waals surface area contributed by atoms with Crippen LogP contribution in [0.2, 0.25) is 0 Å². The lowest BCUT2D eigenvalue weighted by atomic mass is 10.00. The molecule has 0 bridgehead atoms. The molecule has 0 N–H and O–H groups in total. The Bertz CT molecular complexity index is 742. The first-order chi connectivity index (χ1) is 11.2. The Labute approximate surface area is 139 Å². The molecule has 0 saturated carbocycles. The van der Waals surface area contributed by atoms with E-state index in [1.54, 1.807) is 33.1 Å². The zero-order chi connectivity index (χ0) is 16.4. The van der Waals surface area contributed by atoms with Crippen molar-refractivity contribution in [1.29, 1.82) is 0 Å². The maximum Gasteiger partial charge on any atom is 0.203 e. The van der Waals surface area contributed by atoms with Crippen LogP contribution < -0.4 is 14.2 Å². The molecule has 1 aliphatic heterocycles. The Balaban J connectivity index is 2.05. The van der Waals surface area contributed by atoms with Crippen LogP contribution in [0.1, 0.15) is 27.6 Å². The molecule has 1 aliphatic rings. The zero-order valence-corrected chi connectivity index (χ0v) is 14.1. The summed E-state index contributed by atoms with van der Waals surface area (Å²) in [7, 11) is 4.77. The molecule has 0 fully saturated rings. The molecular formula is C18H18O4S. The molecule has 1 atom stereocenters. The Morgan fingerprint density at radius 3 is 2.39 bits per heavy atom. The molecule has 120 valence electrons. The molecule has 5 heteroatoms. The fraction of sp³-hybridized carbons (Fsp3) is 0.278. The first kappa shape index (κ1) is 15.7. The van der Waals surface area contributed by atoms with E-state index in [1.807, 2.05) is 36.4 Å². The van der Waals surface area contributed by atoms with Gasteiger partial charge >= 0.3 is 0 Å². The molecule has 23 heavy (non-hydrogen) atoms. The Morgan fingerprint density at radius 1 is 0.957 bits per heavy atom. The number of benzene rings is 2. The molecule has 4 nitrogen and oxygen atoms in total. The third kappa shape index (κ3) is 2.77. The Morgan fingerprint density at radius 2 is 1.70 bits per heavy atom. The molecule has 0 aliphatic carbocycles. The number of fused-ring (bicyclic) bond motifs is 1. The molecule has 0 saturated heterocycles. The molecule has 3 rings (SSSR count). The number of methoxy groups -OCH3 is 3. The largest absolute Gasteiger partial charge is 0.493 e. The van der Waals surface area contributed by atoms with Crippen LogP contribution in [0.3, 0.4) is 0 Å². The van der Waals surface area contributed by atoms with Gasteiger partial charge in [0.1, 0.15) is 0 Å². The van der Waals surface area contributed by atoms with E-state index in [4.69, 9.17) is 14.2 Å². The second kappa shape index (κ2) is 6.54. The van der Waals surface area contributed by atoms with Crippen LogP contribution >= 0.6 is 11.8 Å². The predicted octanol–water partition coefficient (Wildman–Crippen LogP) is 4.13. The van der Waals surface area contributed by atoms with Gasteiger partial charge in [-0.25, -0.2) is 0 Å². The van der Waals surface area contributed by atoms with Gasteiger partial charge in [0.05, 0.1) is 21.3 Å². The average Bonchev–Trinajstić information content (AvgIpc) is 2.60. The van der Waals surface area contributed by atoms with Crippen LogP contribution in [-0.4, -0.2) is 27.1 Å². The van der Waals surface area contributed by atoms with Gasteiger partial charge in [0, 0.05) is 27.7 Å². The van der Waals surface area contributed by atoms with Gasteiger partial charge in [0.25, 0.3) is 0 Å². The fourth-order valence-corrected chi connectivity index (χ4v) is 4.14. The van der Waals surface area contributed by atoms with E-state index in [0.29, 0.717) is 23.7 Å². The number of carbonyl (C=O) groups excluding carboxylic acids is 1. The van der Waals surface area contributed by atoms with Crippen molar-refractivity contribution >= 4 is 17.5 Å². The first-order valence-corrected chi connectivity index (χ1v) is 8.15. The summed E-state index contributed by atoms with van der Waals surface area (Å²) in [5.41, 5.74) is 1.74. The van der Waals surface area contributed by atoms with Crippen molar-refractivity contribution in [2.45, 2.75) is 16.6 Å². The van der Waals surface area contributed by atoms with Gasteiger partial charge in [-0.05, 0) is 12.1 Å². The van der Waals surface area contributed by atoms with Crippen molar-refractivity contribution in [2.24, 2.45) is 0 Å². The minimum absolute atomic E-state index is 0.00726. The van der Waals surface area contributed by atoms with Gasteiger partial charge in [0.2, 0.25) is 5.75 Å². The van der Waals surface area contributed by atoms with Gasteiger partial charge in [-0.15, -0.1) is 11.8 Å². The molecule has 1 heterocycles. The molecule has 2 aromatic carbocycles. The second-order valence-corrected chi connectivity index (χ2v) is 6.40. The lowest BCUT2D eigenvalue weighted by Gasteiger charge is -2.25. The van der Waals surface area contributed by atoms with Crippen LogP contribution in [0.5, 0.6) is 17.2 Å². The van der Waals surface area contributed by atoms with Crippen molar-refractivity contribution in [3.05, 3.63) is 47.5 Å². The van der Waals surface area contributed by atoms with Crippen molar-refractivity contribution < 1.29 is 19.0 Å². The number of rotatable bonds is 4. The topological polar surface area (TPSA) is 44.8 Å². The number of thioether (sulfide) groups is 1. The number of Topliss-reactive ketones (excluding diaryl/α,β-unsaturated/α-hetero) is 1.